The van der Waals surface area contributed by atoms with Crippen LogP contribution in [0.5, 0.6) is 0 Å². The van der Waals surface area contributed by atoms with Crippen LogP contribution in [0, 0.1) is 10.1 Å². The third-order valence-electron chi connectivity index (χ3n) is 3.09. The van der Waals surface area contributed by atoms with Crippen LogP contribution in [0.3, 0.4) is 0 Å². The number of anilines is 1. The molecule has 0 atom stereocenters. The second-order valence-electron chi connectivity index (χ2n) is 4.68. The average molecular weight is 387 g/mol. The number of halogens is 2. The molecule has 0 amide bonds. The fourth-order valence-corrected chi connectivity index (χ4v) is 3.93. The molecule has 0 aliphatic heterocycles. The van der Waals surface area contributed by atoms with E-state index < -0.39 is 14.9 Å². The van der Waals surface area contributed by atoms with Gasteiger partial charge in [-0.2, -0.15) is 0 Å². The molecule has 0 saturated heterocycles. The summed E-state index contributed by atoms with van der Waals surface area (Å²) in [6, 6.07) is 9.18. The van der Waals surface area contributed by atoms with Crippen molar-refractivity contribution >= 4 is 44.6 Å². The molecule has 0 aliphatic carbocycles. The van der Waals surface area contributed by atoms with Gasteiger partial charge in [-0.1, -0.05) is 35.3 Å². The van der Waals surface area contributed by atoms with E-state index in [1.807, 2.05) is 0 Å². The van der Waals surface area contributed by atoms with Crippen molar-refractivity contribution in [2.24, 2.45) is 0 Å². The van der Waals surface area contributed by atoms with Crippen LogP contribution in [0.4, 0.5) is 11.4 Å². The Balaban J connectivity index is 2.61. The maximum atomic E-state index is 12.9. The highest BCUT2D eigenvalue weighted by atomic mass is 35.5. The molecule has 0 saturated carbocycles. The van der Waals surface area contributed by atoms with Gasteiger partial charge in [-0.15, -0.1) is 6.58 Å². The van der Waals surface area contributed by atoms with E-state index in [0.717, 1.165) is 10.4 Å². The predicted molar refractivity (Wildman–Crippen MR) is 94.3 cm³/mol. The lowest BCUT2D eigenvalue weighted by molar-refractivity contribution is -0.385. The van der Waals surface area contributed by atoms with Crippen molar-refractivity contribution in [2.45, 2.75) is 4.90 Å². The Morgan fingerprint density at radius 3 is 2.54 bits per heavy atom. The van der Waals surface area contributed by atoms with E-state index in [1.54, 1.807) is 0 Å². The van der Waals surface area contributed by atoms with Crippen LogP contribution in [-0.2, 0) is 10.0 Å². The molecule has 0 radical (unpaired) electrons. The van der Waals surface area contributed by atoms with Crippen LogP contribution >= 0.6 is 23.2 Å². The minimum atomic E-state index is -4.10. The normalized spacial score (nSPS) is 11.1. The number of nitro groups is 1. The number of sulfonamides is 1. The van der Waals surface area contributed by atoms with Gasteiger partial charge in [0.15, 0.2) is 0 Å². The van der Waals surface area contributed by atoms with Crippen LogP contribution < -0.4 is 4.31 Å². The number of benzene rings is 2. The summed E-state index contributed by atoms with van der Waals surface area (Å²) in [7, 11) is -4.10. The summed E-state index contributed by atoms with van der Waals surface area (Å²) in [6.07, 6.45) is 1.38. The SMILES string of the molecule is C=CCN(c1cc(Cl)ccc1Cl)S(=O)(=O)c1cccc([N+](=O)[O-])c1. The van der Waals surface area contributed by atoms with Crippen molar-refractivity contribution < 1.29 is 13.3 Å². The lowest BCUT2D eigenvalue weighted by Gasteiger charge is -2.24. The monoisotopic (exact) mass is 386 g/mol. The fourth-order valence-electron chi connectivity index (χ4n) is 2.00. The van der Waals surface area contributed by atoms with Crippen molar-refractivity contribution in [2.75, 3.05) is 10.8 Å². The smallest absolute Gasteiger partial charge is 0.261 e. The maximum absolute atomic E-state index is 12.9. The minimum Gasteiger partial charge on any atom is -0.261 e. The second kappa shape index (κ2) is 7.21. The molecular weight excluding hydrogens is 375 g/mol. The molecule has 9 heteroatoms. The number of nitrogens with zero attached hydrogens (tertiary/aromatic N) is 2. The number of non-ortho nitro benzene ring substituents is 1. The minimum absolute atomic E-state index is 0.0783. The standard InChI is InChI=1S/C15H12Cl2N2O4S/c1-2-8-18(15-9-11(16)6-7-14(15)17)24(22,23)13-5-3-4-12(10-13)19(20)21/h2-7,9-10H,1,8H2. The molecule has 6 nitrogen and oxygen atoms in total. The molecule has 0 spiro atoms. The van der Waals surface area contributed by atoms with Gasteiger partial charge in [0.05, 0.1) is 27.1 Å². The number of nitro benzene ring substituents is 1. The zero-order valence-electron chi connectivity index (χ0n) is 12.2. The van der Waals surface area contributed by atoms with E-state index in [1.165, 1.54) is 42.5 Å². The third kappa shape index (κ3) is 3.69. The van der Waals surface area contributed by atoms with Crippen LogP contribution in [-0.4, -0.2) is 19.9 Å². The second-order valence-corrected chi connectivity index (χ2v) is 7.38. The van der Waals surface area contributed by atoms with Gasteiger partial charge in [-0.25, -0.2) is 8.42 Å². The molecule has 0 heterocycles. The third-order valence-corrected chi connectivity index (χ3v) is 5.42. The average Bonchev–Trinajstić information content (AvgIpc) is 2.55. The molecule has 0 fully saturated rings. The van der Waals surface area contributed by atoms with Crippen molar-refractivity contribution in [3.8, 4) is 0 Å². The van der Waals surface area contributed by atoms with Crippen molar-refractivity contribution in [1.29, 1.82) is 0 Å². The highest BCUT2D eigenvalue weighted by molar-refractivity contribution is 7.92. The van der Waals surface area contributed by atoms with Crippen molar-refractivity contribution in [3.05, 3.63) is 75.3 Å². The van der Waals surface area contributed by atoms with Crippen LogP contribution in [0.15, 0.2) is 60.0 Å². The molecule has 24 heavy (non-hydrogen) atoms. The van der Waals surface area contributed by atoms with Crippen molar-refractivity contribution in [1.82, 2.24) is 0 Å². The highest BCUT2D eigenvalue weighted by Crippen LogP contribution is 2.33. The van der Waals surface area contributed by atoms with Gasteiger partial charge in [-0.3, -0.25) is 14.4 Å². The number of hydrogen-bond acceptors (Lipinski definition) is 4. The summed E-state index contributed by atoms with van der Waals surface area (Å²) in [5.41, 5.74) is -0.164. The van der Waals surface area contributed by atoms with Gasteiger partial charge >= 0.3 is 0 Å². The summed E-state index contributed by atoms with van der Waals surface area (Å²) < 4.78 is 26.8. The van der Waals surface area contributed by atoms with Crippen LogP contribution in [0.25, 0.3) is 0 Å². The molecule has 0 aliphatic rings. The first kappa shape index (κ1) is 18.3. The zero-order chi connectivity index (χ0) is 17.9. The Morgan fingerprint density at radius 1 is 1.21 bits per heavy atom. The van der Waals surface area contributed by atoms with Crippen LogP contribution in [0.2, 0.25) is 10.0 Å². The Hall–Kier alpha value is -2.09. The first-order valence-corrected chi connectivity index (χ1v) is 8.80. The Bertz CT molecular complexity index is 900. The Kier molecular flexibility index (Phi) is 5.48. The van der Waals surface area contributed by atoms with E-state index in [9.17, 15) is 18.5 Å². The predicted octanol–water partition coefficient (Wildman–Crippen LogP) is 4.28. The van der Waals surface area contributed by atoms with Gasteiger partial charge in [-0.05, 0) is 24.3 Å². The molecule has 2 aromatic rings. The summed E-state index contributed by atoms with van der Waals surface area (Å²) in [6.45, 7) is 3.46. The summed E-state index contributed by atoms with van der Waals surface area (Å²) in [5, 5.41) is 11.4. The van der Waals surface area contributed by atoms with Crippen molar-refractivity contribution in [3.63, 3.8) is 0 Å². The molecule has 2 rings (SSSR count). The molecule has 0 bridgehead atoms. The quantitative estimate of drug-likeness (QED) is 0.421. The molecule has 0 aromatic heterocycles. The number of hydrogen-bond donors (Lipinski definition) is 0. The molecule has 0 N–H and O–H groups in total. The summed E-state index contributed by atoms with van der Waals surface area (Å²) >= 11 is 12.0. The van der Waals surface area contributed by atoms with E-state index in [0.29, 0.717) is 5.02 Å². The van der Waals surface area contributed by atoms with Gasteiger partial charge in [0.2, 0.25) is 0 Å². The largest absolute Gasteiger partial charge is 0.270 e. The Labute approximate surface area is 149 Å². The van der Waals surface area contributed by atoms with E-state index in [4.69, 9.17) is 23.2 Å². The van der Waals surface area contributed by atoms with Gasteiger partial charge in [0.25, 0.3) is 15.7 Å². The van der Waals surface area contributed by atoms with Crippen LogP contribution in [0.1, 0.15) is 0 Å². The zero-order valence-corrected chi connectivity index (χ0v) is 14.6. The van der Waals surface area contributed by atoms with E-state index >= 15 is 0 Å². The highest BCUT2D eigenvalue weighted by Gasteiger charge is 2.27. The fraction of sp³-hybridized carbons (Fsp3) is 0.0667. The summed E-state index contributed by atoms with van der Waals surface area (Å²) in [5.74, 6) is 0. The van der Waals surface area contributed by atoms with Gasteiger partial charge < -0.3 is 0 Å². The molecule has 2 aromatic carbocycles. The molecule has 126 valence electrons. The van der Waals surface area contributed by atoms with E-state index in [2.05, 4.69) is 6.58 Å². The first-order chi connectivity index (χ1) is 11.3. The summed E-state index contributed by atoms with van der Waals surface area (Å²) in [4.78, 5) is 10.00. The maximum Gasteiger partial charge on any atom is 0.270 e. The molecule has 0 unspecified atom stereocenters. The lowest BCUT2D eigenvalue weighted by Crippen LogP contribution is -2.31. The first-order valence-electron chi connectivity index (χ1n) is 6.60. The number of rotatable bonds is 6. The molecular formula is C15H12Cl2N2O4S. The van der Waals surface area contributed by atoms with E-state index in [-0.39, 0.29) is 27.8 Å². The Morgan fingerprint density at radius 2 is 1.92 bits per heavy atom. The topological polar surface area (TPSA) is 80.5 Å². The van der Waals surface area contributed by atoms with Gasteiger partial charge in [0, 0.05) is 17.2 Å². The lowest BCUT2D eigenvalue weighted by atomic mass is 10.3. The van der Waals surface area contributed by atoms with Gasteiger partial charge in [0.1, 0.15) is 0 Å².